The molecule has 2 saturated carbocycles. The Morgan fingerprint density at radius 1 is 0.944 bits per heavy atom. The van der Waals surface area contributed by atoms with Crippen LogP contribution in [0.2, 0.25) is 0 Å². The second-order valence-corrected chi connectivity index (χ2v) is 7.98. The molecule has 2 heteroatoms. The van der Waals surface area contributed by atoms with Crippen LogP contribution in [0.4, 0.5) is 0 Å². The number of hydrogen-bond acceptors (Lipinski definition) is 2. The molecule has 18 heavy (non-hydrogen) atoms. The van der Waals surface area contributed by atoms with Gasteiger partial charge in [-0.15, -0.1) is 0 Å². The Kier molecular flexibility index (Phi) is 2.68. The average molecular weight is 252 g/mol. The van der Waals surface area contributed by atoms with Crippen molar-refractivity contribution in [1.29, 1.82) is 0 Å². The first-order valence-corrected chi connectivity index (χ1v) is 7.63. The van der Waals surface area contributed by atoms with Gasteiger partial charge in [0.2, 0.25) is 0 Å². The zero-order valence-corrected chi connectivity index (χ0v) is 12.3. The topological polar surface area (TPSA) is 29.5 Å². The predicted molar refractivity (Wildman–Crippen MR) is 72.3 cm³/mol. The standard InChI is InChI=1S/C16H28O2/c1-14(2)11-5-9-16(4)12(7-10-18-16)15(11,3)8-6-13(14)17/h11-13,17H,5-10H2,1-4H3/t11-,12+,13+,15-,16+/m0/s1. The Labute approximate surface area is 111 Å². The molecule has 0 amide bonds. The smallest absolute Gasteiger partial charge is 0.0688 e. The monoisotopic (exact) mass is 252 g/mol. The maximum atomic E-state index is 10.4. The van der Waals surface area contributed by atoms with E-state index in [4.69, 9.17) is 4.74 Å². The summed E-state index contributed by atoms with van der Waals surface area (Å²) < 4.78 is 6.09. The van der Waals surface area contributed by atoms with Crippen molar-refractivity contribution in [3.63, 3.8) is 0 Å². The average Bonchev–Trinajstić information content (AvgIpc) is 2.68. The van der Waals surface area contributed by atoms with Crippen LogP contribution >= 0.6 is 0 Å². The Morgan fingerprint density at radius 3 is 2.39 bits per heavy atom. The van der Waals surface area contributed by atoms with Gasteiger partial charge in [-0.3, -0.25) is 0 Å². The normalized spacial score (nSPS) is 54.8. The zero-order valence-electron chi connectivity index (χ0n) is 12.3. The van der Waals surface area contributed by atoms with E-state index >= 15 is 0 Å². The summed E-state index contributed by atoms with van der Waals surface area (Å²) in [5, 5.41) is 10.4. The van der Waals surface area contributed by atoms with Crippen LogP contribution in [0.15, 0.2) is 0 Å². The van der Waals surface area contributed by atoms with Crippen molar-refractivity contribution in [3.8, 4) is 0 Å². The van der Waals surface area contributed by atoms with Gasteiger partial charge in [0.05, 0.1) is 11.7 Å². The Balaban J connectivity index is 1.98. The Hall–Kier alpha value is -0.0800. The second kappa shape index (κ2) is 3.73. The van der Waals surface area contributed by atoms with Gasteiger partial charge >= 0.3 is 0 Å². The molecule has 1 N–H and O–H groups in total. The highest BCUT2D eigenvalue weighted by atomic mass is 16.5. The summed E-state index contributed by atoms with van der Waals surface area (Å²) in [5.74, 6) is 1.34. The minimum atomic E-state index is -0.123. The number of aliphatic hydroxyl groups excluding tert-OH is 1. The lowest BCUT2D eigenvalue weighted by Crippen LogP contribution is -2.59. The summed E-state index contributed by atoms with van der Waals surface area (Å²) in [7, 11) is 0. The molecule has 2 nitrogen and oxygen atoms in total. The number of aliphatic hydroxyl groups is 1. The SMILES string of the molecule is CC1(C)[C@H](O)CC[C@]2(C)[C@H]3CCO[C@]3(C)CC[C@@H]12. The van der Waals surface area contributed by atoms with Crippen molar-refractivity contribution in [1.82, 2.24) is 0 Å². The molecule has 0 spiro atoms. The van der Waals surface area contributed by atoms with Gasteiger partial charge < -0.3 is 9.84 Å². The first-order chi connectivity index (χ1) is 8.31. The van der Waals surface area contributed by atoms with Crippen LogP contribution in [0.5, 0.6) is 0 Å². The van der Waals surface area contributed by atoms with E-state index in [-0.39, 0.29) is 17.1 Å². The molecule has 0 aromatic heterocycles. The molecule has 2 aliphatic carbocycles. The van der Waals surface area contributed by atoms with Crippen LogP contribution in [0, 0.1) is 22.7 Å². The van der Waals surface area contributed by atoms with Gasteiger partial charge in [0.15, 0.2) is 0 Å². The van der Waals surface area contributed by atoms with E-state index in [1.54, 1.807) is 0 Å². The summed E-state index contributed by atoms with van der Waals surface area (Å²) in [6.07, 6.45) is 5.62. The van der Waals surface area contributed by atoms with Crippen molar-refractivity contribution in [2.75, 3.05) is 6.61 Å². The molecule has 104 valence electrons. The fourth-order valence-electron chi connectivity index (χ4n) is 5.72. The molecule has 0 aromatic rings. The molecular weight excluding hydrogens is 224 g/mol. The van der Waals surface area contributed by atoms with Gasteiger partial charge in [-0.2, -0.15) is 0 Å². The fraction of sp³-hybridized carbons (Fsp3) is 1.00. The van der Waals surface area contributed by atoms with Gasteiger partial charge in [-0.05, 0) is 61.7 Å². The summed E-state index contributed by atoms with van der Waals surface area (Å²) in [6.45, 7) is 10.3. The lowest BCUT2D eigenvalue weighted by atomic mass is 9.45. The molecule has 5 atom stereocenters. The third-order valence-electron chi connectivity index (χ3n) is 6.81. The van der Waals surface area contributed by atoms with E-state index in [9.17, 15) is 5.11 Å². The molecule has 1 saturated heterocycles. The molecule has 3 rings (SSSR count). The van der Waals surface area contributed by atoms with Crippen molar-refractivity contribution < 1.29 is 9.84 Å². The Morgan fingerprint density at radius 2 is 1.67 bits per heavy atom. The Bertz CT molecular complexity index is 351. The number of hydrogen-bond donors (Lipinski definition) is 1. The number of rotatable bonds is 0. The zero-order chi connectivity index (χ0) is 13.2. The van der Waals surface area contributed by atoms with Crippen molar-refractivity contribution in [2.45, 2.75) is 71.5 Å². The van der Waals surface area contributed by atoms with Crippen LogP contribution in [0.25, 0.3) is 0 Å². The predicted octanol–water partition coefficient (Wildman–Crippen LogP) is 3.38. The molecule has 3 fully saturated rings. The summed E-state index contributed by atoms with van der Waals surface area (Å²) in [5.41, 5.74) is 0.548. The molecule has 0 unspecified atom stereocenters. The molecule has 0 bridgehead atoms. The van der Waals surface area contributed by atoms with Gasteiger partial charge in [0.1, 0.15) is 0 Å². The summed E-state index contributed by atoms with van der Waals surface area (Å²) in [6, 6.07) is 0. The van der Waals surface area contributed by atoms with E-state index in [1.807, 2.05) is 0 Å². The van der Waals surface area contributed by atoms with Crippen molar-refractivity contribution in [2.24, 2.45) is 22.7 Å². The largest absolute Gasteiger partial charge is 0.393 e. The second-order valence-electron chi connectivity index (χ2n) is 7.98. The van der Waals surface area contributed by atoms with Crippen LogP contribution in [0.3, 0.4) is 0 Å². The molecule has 0 radical (unpaired) electrons. The van der Waals surface area contributed by atoms with Crippen LogP contribution < -0.4 is 0 Å². The number of fused-ring (bicyclic) bond motifs is 3. The van der Waals surface area contributed by atoms with Gasteiger partial charge in [0.25, 0.3) is 0 Å². The molecule has 3 aliphatic rings. The van der Waals surface area contributed by atoms with Crippen LogP contribution in [-0.4, -0.2) is 23.4 Å². The summed E-state index contributed by atoms with van der Waals surface area (Å²) in [4.78, 5) is 0. The van der Waals surface area contributed by atoms with Gasteiger partial charge in [-0.1, -0.05) is 20.8 Å². The highest BCUT2D eigenvalue weighted by molar-refractivity contribution is 5.11. The molecule has 1 heterocycles. The van der Waals surface area contributed by atoms with Crippen molar-refractivity contribution >= 4 is 0 Å². The highest BCUT2D eigenvalue weighted by Crippen LogP contribution is 2.64. The maximum absolute atomic E-state index is 10.4. The van der Waals surface area contributed by atoms with E-state index in [2.05, 4.69) is 27.7 Å². The van der Waals surface area contributed by atoms with E-state index in [0.717, 1.165) is 13.0 Å². The van der Waals surface area contributed by atoms with Crippen molar-refractivity contribution in [3.05, 3.63) is 0 Å². The summed E-state index contributed by atoms with van der Waals surface area (Å²) >= 11 is 0. The third kappa shape index (κ3) is 1.48. The molecular formula is C16H28O2. The first-order valence-electron chi connectivity index (χ1n) is 7.63. The molecule has 1 aliphatic heterocycles. The van der Waals surface area contributed by atoms with Crippen LogP contribution in [0.1, 0.15) is 59.8 Å². The van der Waals surface area contributed by atoms with E-state index < -0.39 is 0 Å². The molecule has 0 aromatic carbocycles. The lowest BCUT2D eigenvalue weighted by molar-refractivity contribution is -0.178. The third-order valence-corrected chi connectivity index (χ3v) is 6.81. The van der Waals surface area contributed by atoms with Gasteiger partial charge in [-0.25, -0.2) is 0 Å². The highest BCUT2D eigenvalue weighted by Gasteiger charge is 2.62. The lowest BCUT2D eigenvalue weighted by Gasteiger charge is -2.61. The van der Waals surface area contributed by atoms with Crippen LogP contribution in [-0.2, 0) is 4.74 Å². The van der Waals surface area contributed by atoms with E-state index in [1.165, 1.54) is 25.7 Å². The first kappa shape index (κ1) is 12.9. The minimum Gasteiger partial charge on any atom is -0.393 e. The quantitative estimate of drug-likeness (QED) is 0.716. The van der Waals surface area contributed by atoms with E-state index in [0.29, 0.717) is 17.3 Å². The minimum absolute atomic E-state index is 0.0664. The van der Waals surface area contributed by atoms with Gasteiger partial charge in [0, 0.05) is 6.61 Å². The number of ether oxygens (including phenoxy) is 1. The fourth-order valence-corrected chi connectivity index (χ4v) is 5.72. The maximum Gasteiger partial charge on any atom is 0.0688 e.